The molecule has 7 heterocycles. The number of nitrogens with zero attached hydrogens (tertiary/aromatic N) is 5. The molecule has 15 nitrogen and oxygen atoms in total. The Morgan fingerprint density at radius 2 is 2.07 bits per heavy atom. The third-order valence-corrected chi connectivity index (χ3v) is 9.70. The Morgan fingerprint density at radius 1 is 1.24 bits per heavy atom. The number of aliphatic imine (C=N–C) groups is 1. The summed E-state index contributed by atoms with van der Waals surface area (Å²) in [6.07, 6.45) is -1.02. The summed E-state index contributed by atoms with van der Waals surface area (Å²) in [5, 5.41) is 2.94. The molecule has 4 aliphatic rings. The van der Waals surface area contributed by atoms with Gasteiger partial charge in [-0.3, -0.25) is 23.9 Å². The summed E-state index contributed by atoms with van der Waals surface area (Å²) >= 11 is 5.27. The van der Waals surface area contributed by atoms with Crippen LogP contribution in [0.3, 0.4) is 0 Å². The maximum atomic E-state index is 15.8. The molecule has 9 atom stereocenters. The van der Waals surface area contributed by atoms with Crippen LogP contribution in [-0.4, -0.2) is 66.4 Å². The number of ether oxygens (including phenoxy) is 2. The lowest BCUT2D eigenvalue weighted by molar-refractivity contribution is -0.0401. The van der Waals surface area contributed by atoms with Crippen LogP contribution < -0.4 is 22.3 Å². The van der Waals surface area contributed by atoms with Crippen molar-refractivity contribution in [2.45, 2.75) is 68.8 Å². The molecule has 0 aromatic carbocycles. The highest BCUT2D eigenvalue weighted by Gasteiger charge is 2.50. The van der Waals surface area contributed by atoms with Gasteiger partial charge in [0, 0.05) is 6.20 Å². The summed E-state index contributed by atoms with van der Waals surface area (Å²) in [6.45, 7) is -4.16. The van der Waals surface area contributed by atoms with Crippen LogP contribution in [-0.2, 0) is 30.3 Å². The number of halogens is 2. The minimum Gasteiger partial charge on any atom is -0.369 e. The Hall–Kier alpha value is -2.83. The van der Waals surface area contributed by atoms with Crippen molar-refractivity contribution in [2.75, 3.05) is 17.7 Å². The Bertz CT molecular complexity index is 1670. The number of alkyl halides is 1. The average Bonchev–Trinajstić information content (AvgIpc) is 3.68. The van der Waals surface area contributed by atoms with Gasteiger partial charge in [-0.25, -0.2) is 13.8 Å². The molecule has 3 aromatic heterocycles. The molecule has 0 aliphatic carbocycles. The number of fused-ring (bicyclic) bond motifs is 5. The molecule has 0 amide bonds. The molecule has 3 unspecified atom stereocenters. The molecule has 4 aliphatic heterocycles. The molecule has 0 saturated carbocycles. The third kappa shape index (κ3) is 4.75. The summed E-state index contributed by atoms with van der Waals surface area (Å²) in [5.74, 6) is -0.286. The number of anilines is 2. The zero-order chi connectivity index (χ0) is 29.3. The summed E-state index contributed by atoms with van der Waals surface area (Å²) < 4.78 is 57.3. The molecule has 0 radical (unpaired) electrons. The zero-order valence-electron chi connectivity index (χ0n) is 21.9. The number of H-pyrrole nitrogens is 1. The van der Waals surface area contributed by atoms with Crippen molar-refractivity contribution in [1.82, 2.24) is 24.1 Å². The van der Waals surface area contributed by atoms with E-state index in [9.17, 15) is 14.1 Å². The standard InChI is InChI=1S/C23H28F2N9O6PS/c24-10-5-33(19-14(10)18(26)28-7-29-19)13-4-9-2-1-3-11-15(25)17(40-41(36,42)37-6-12(9)38-13)22(39-11)34-8-30-16-20(34)31-23(27)32-21(16)35/h5,7-9,11-13,15,17-18,22H,1-4,6,26H2,(H,28,29)(H,36,42)(H3,27,31,32,35)/t9-,11?,12+,13+,15+,17+,18?,22+,41?/m0/s1. The van der Waals surface area contributed by atoms with Crippen molar-refractivity contribution in [1.29, 1.82) is 0 Å². The second-order valence-corrected chi connectivity index (χ2v) is 13.5. The maximum Gasteiger partial charge on any atom is 0.325 e. The highest BCUT2D eigenvalue weighted by Crippen LogP contribution is 2.52. The Labute approximate surface area is 241 Å². The first-order valence-corrected chi connectivity index (χ1v) is 16.0. The lowest BCUT2D eigenvalue weighted by Crippen LogP contribution is -2.32. The van der Waals surface area contributed by atoms with Crippen molar-refractivity contribution in [2.24, 2.45) is 16.6 Å². The van der Waals surface area contributed by atoms with Crippen molar-refractivity contribution in [3.63, 3.8) is 0 Å². The molecule has 7 N–H and O–H groups in total. The fourth-order valence-corrected chi connectivity index (χ4v) is 7.59. The lowest BCUT2D eigenvalue weighted by atomic mass is 9.93. The van der Waals surface area contributed by atoms with E-state index in [0.717, 1.165) is 0 Å². The highest BCUT2D eigenvalue weighted by atomic mass is 32.5. The predicted octanol–water partition coefficient (Wildman–Crippen LogP) is 1.70. The molecule has 226 valence electrons. The fourth-order valence-electron chi connectivity index (χ4n) is 6.18. The SMILES string of the molecule is Nc1nc2c(ncn2[C@@H]2OC3CCC[C@H]4C[C@H](n5cc(F)c6c5NC=NC6N)O[C@@H]4COP(O)(=S)O[C@@H]2[C@@H]3F)c(=O)[nH]1. The van der Waals surface area contributed by atoms with E-state index in [1.54, 1.807) is 4.57 Å². The molecule has 42 heavy (non-hydrogen) atoms. The monoisotopic (exact) mass is 627 g/mol. The van der Waals surface area contributed by atoms with Gasteiger partial charge in [0.05, 0.1) is 37.0 Å². The number of aromatic amines is 1. The lowest BCUT2D eigenvalue weighted by Gasteiger charge is -2.27. The number of imidazole rings is 1. The van der Waals surface area contributed by atoms with Crippen LogP contribution in [0.1, 0.15) is 49.9 Å². The average molecular weight is 628 g/mol. The minimum atomic E-state index is -4.03. The smallest absolute Gasteiger partial charge is 0.325 e. The van der Waals surface area contributed by atoms with Crippen LogP contribution in [0.15, 0.2) is 22.3 Å². The van der Waals surface area contributed by atoms with Gasteiger partial charge in [-0.1, -0.05) is 6.42 Å². The zero-order valence-corrected chi connectivity index (χ0v) is 23.6. The Kier molecular flexibility index (Phi) is 6.93. The minimum absolute atomic E-state index is 0.0177. The van der Waals surface area contributed by atoms with Gasteiger partial charge in [0.15, 0.2) is 23.6 Å². The Balaban J connectivity index is 1.14. The van der Waals surface area contributed by atoms with Gasteiger partial charge in [-0.15, -0.1) is 0 Å². The van der Waals surface area contributed by atoms with Gasteiger partial charge in [0.2, 0.25) is 5.95 Å². The third-order valence-electron chi connectivity index (χ3n) is 8.14. The highest BCUT2D eigenvalue weighted by molar-refractivity contribution is 8.07. The molecule has 2 bridgehead atoms. The van der Waals surface area contributed by atoms with Crippen molar-refractivity contribution < 1.29 is 32.2 Å². The van der Waals surface area contributed by atoms with E-state index < -0.39 is 61.2 Å². The fraction of sp³-hybridized carbons (Fsp3) is 0.565. The van der Waals surface area contributed by atoms with Crippen molar-refractivity contribution in [3.05, 3.63) is 34.3 Å². The second kappa shape index (κ2) is 10.4. The number of hydrogen-bond donors (Lipinski definition) is 5. The molecule has 7 rings (SSSR count). The van der Waals surface area contributed by atoms with Gasteiger partial charge in [-0.05, 0) is 37.0 Å². The van der Waals surface area contributed by atoms with E-state index in [1.165, 1.54) is 23.4 Å². The van der Waals surface area contributed by atoms with E-state index in [0.29, 0.717) is 31.5 Å². The van der Waals surface area contributed by atoms with Crippen molar-refractivity contribution in [3.8, 4) is 0 Å². The quantitative estimate of drug-likeness (QED) is 0.258. The van der Waals surface area contributed by atoms with Gasteiger partial charge in [0.1, 0.15) is 30.1 Å². The largest absolute Gasteiger partial charge is 0.369 e. The van der Waals surface area contributed by atoms with Crippen molar-refractivity contribution >= 4 is 47.8 Å². The van der Waals surface area contributed by atoms with Gasteiger partial charge in [0.25, 0.3) is 5.56 Å². The normalized spacial score (nSPS) is 36.7. The molecule has 0 spiro atoms. The molecule has 3 fully saturated rings. The predicted molar refractivity (Wildman–Crippen MR) is 148 cm³/mol. The molecule has 3 aromatic rings. The maximum absolute atomic E-state index is 15.8. The topological polar surface area (TPSA) is 202 Å². The number of rotatable bonds is 2. The second-order valence-electron chi connectivity index (χ2n) is 10.7. The molecular weight excluding hydrogens is 599 g/mol. The molecule has 3 saturated heterocycles. The number of nitrogens with one attached hydrogen (secondary N) is 2. The summed E-state index contributed by atoms with van der Waals surface area (Å²) in [7, 11) is 0. The van der Waals surface area contributed by atoms with Gasteiger partial charge < -0.3 is 40.2 Å². The van der Waals surface area contributed by atoms with Crippen LogP contribution in [0.5, 0.6) is 0 Å². The molecular formula is C23H28F2N9O6PS. The van der Waals surface area contributed by atoms with E-state index in [-0.39, 0.29) is 35.2 Å². The number of nitrogens with two attached hydrogens (primary N) is 2. The van der Waals surface area contributed by atoms with Crippen LogP contribution in [0.4, 0.5) is 20.5 Å². The summed E-state index contributed by atoms with van der Waals surface area (Å²) in [4.78, 5) is 37.8. The van der Waals surface area contributed by atoms with Gasteiger partial charge in [-0.2, -0.15) is 4.98 Å². The number of nitrogen functional groups attached to an aromatic ring is 1. The van der Waals surface area contributed by atoms with E-state index in [2.05, 4.69) is 25.3 Å². The van der Waals surface area contributed by atoms with Crippen LogP contribution >= 0.6 is 6.72 Å². The van der Waals surface area contributed by atoms with E-state index in [4.69, 9.17) is 41.8 Å². The first kappa shape index (κ1) is 28.0. The number of hydrogen-bond acceptors (Lipinski definition) is 12. The Morgan fingerprint density at radius 3 is 2.90 bits per heavy atom. The summed E-state index contributed by atoms with van der Waals surface area (Å²) in [6, 6.07) is 0. The van der Waals surface area contributed by atoms with E-state index in [1.807, 2.05) is 0 Å². The first-order chi connectivity index (χ1) is 20.1. The molecule has 19 heteroatoms. The summed E-state index contributed by atoms with van der Waals surface area (Å²) in [5.41, 5.74) is 11.4. The van der Waals surface area contributed by atoms with Crippen LogP contribution in [0.2, 0.25) is 0 Å². The number of aromatic nitrogens is 5. The van der Waals surface area contributed by atoms with Gasteiger partial charge >= 0.3 is 6.72 Å². The van der Waals surface area contributed by atoms with E-state index >= 15 is 4.39 Å². The van der Waals surface area contributed by atoms with Crippen LogP contribution in [0, 0.1) is 11.7 Å². The van der Waals surface area contributed by atoms with Crippen LogP contribution in [0.25, 0.3) is 11.2 Å². The first-order valence-electron chi connectivity index (χ1n) is 13.4.